The summed E-state index contributed by atoms with van der Waals surface area (Å²) in [6.45, 7) is 2.72. The Hall–Kier alpha value is -1.29. The van der Waals surface area contributed by atoms with Crippen LogP contribution in [0.4, 0.5) is 0 Å². The van der Waals surface area contributed by atoms with Gasteiger partial charge in [-0.15, -0.1) is 0 Å². The topological polar surface area (TPSA) is 46.5 Å². The van der Waals surface area contributed by atoms with Crippen molar-refractivity contribution in [3.8, 4) is 5.75 Å². The molecule has 0 heterocycles. The van der Waals surface area contributed by atoms with Gasteiger partial charge in [0.25, 0.3) is 0 Å². The van der Waals surface area contributed by atoms with Crippen molar-refractivity contribution < 1.29 is 14.6 Å². The first-order valence-electron chi connectivity index (χ1n) is 5.47. The van der Waals surface area contributed by atoms with E-state index in [1.54, 1.807) is 0 Å². The van der Waals surface area contributed by atoms with Gasteiger partial charge in [-0.3, -0.25) is 0 Å². The highest BCUT2D eigenvalue weighted by atomic mass is 79.9. The summed E-state index contributed by atoms with van der Waals surface area (Å²) in [6, 6.07) is 5.54. The zero-order chi connectivity index (χ0) is 12.7. The molecule has 0 bridgehead atoms. The predicted molar refractivity (Wildman–Crippen MR) is 71.2 cm³/mol. The maximum Gasteiger partial charge on any atom is 0.328 e. The molecule has 4 heteroatoms. The minimum absolute atomic E-state index is 0.632. The molecule has 0 fully saturated rings. The SMILES string of the molecule is CCCCOc1c(Br)cccc1C=CC(=O)O. The maximum absolute atomic E-state index is 10.5. The van der Waals surface area contributed by atoms with Gasteiger partial charge in [0.15, 0.2) is 0 Å². The number of ether oxygens (including phenoxy) is 1. The molecule has 0 aliphatic heterocycles. The Balaban J connectivity index is 2.87. The first-order chi connectivity index (χ1) is 8.15. The predicted octanol–water partition coefficient (Wildman–Crippen LogP) is 3.73. The fourth-order valence-electron chi connectivity index (χ4n) is 1.29. The molecule has 0 aliphatic carbocycles. The van der Waals surface area contributed by atoms with Crippen molar-refractivity contribution in [2.24, 2.45) is 0 Å². The van der Waals surface area contributed by atoms with Gasteiger partial charge in [0.1, 0.15) is 5.75 Å². The Morgan fingerprint density at radius 1 is 1.53 bits per heavy atom. The number of unbranched alkanes of at least 4 members (excludes halogenated alkanes) is 1. The van der Waals surface area contributed by atoms with Crippen LogP contribution < -0.4 is 4.74 Å². The molecule has 0 amide bonds. The highest BCUT2D eigenvalue weighted by Gasteiger charge is 2.05. The van der Waals surface area contributed by atoms with Crippen molar-refractivity contribution >= 4 is 28.0 Å². The average Bonchev–Trinajstić information content (AvgIpc) is 2.29. The molecule has 1 N–H and O–H groups in total. The minimum Gasteiger partial charge on any atom is -0.492 e. The lowest BCUT2D eigenvalue weighted by molar-refractivity contribution is -0.131. The Labute approximate surface area is 109 Å². The molecule has 1 aromatic rings. The number of rotatable bonds is 6. The van der Waals surface area contributed by atoms with Crippen LogP contribution in [-0.2, 0) is 4.79 Å². The molecule has 17 heavy (non-hydrogen) atoms. The molecule has 1 aromatic carbocycles. The van der Waals surface area contributed by atoms with Crippen LogP contribution >= 0.6 is 15.9 Å². The van der Waals surface area contributed by atoms with E-state index < -0.39 is 5.97 Å². The number of carboxylic acid groups (broad SMARTS) is 1. The van der Waals surface area contributed by atoms with Crippen molar-refractivity contribution in [2.45, 2.75) is 19.8 Å². The molecule has 3 nitrogen and oxygen atoms in total. The summed E-state index contributed by atoms with van der Waals surface area (Å²) >= 11 is 3.40. The summed E-state index contributed by atoms with van der Waals surface area (Å²) in [6.07, 6.45) is 4.68. The lowest BCUT2D eigenvalue weighted by atomic mass is 10.2. The van der Waals surface area contributed by atoms with E-state index >= 15 is 0 Å². The lowest BCUT2D eigenvalue weighted by Gasteiger charge is -2.10. The molecule has 0 saturated carbocycles. The second kappa shape index (κ2) is 7.12. The van der Waals surface area contributed by atoms with Gasteiger partial charge in [-0.05, 0) is 34.5 Å². The third kappa shape index (κ3) is 4.61. The van der Waals surface area contributed by atoms with Gasteiger partial charge in [-0.25, -0.2) is 4.79 Å². The highest BCUT2D eigenvalue weighted by molar-refractivity contribution is 9.10. The van der Waals surface area contributed by atoms with E-state index in [4.69, 9.17) is 9.84 Å². The number of carbonyl (C=O) groups is 1. The van der Waals surface area contributed by atoms with Crippen LogP contribution in [0.15, 0.2) is 28.7 Å². The first-order valence-corrected chi connectivity index (χ1v) is 6.26. The summed E-state index contributed by atoms with van der Waals surface area (Å²) in [7, 11) is 0. The largest absolute Gasteiger partial charge is 0.492 e. The summed E-state index contributed by atoms with van der Waals surface area (Å²) in [5.41, 5.74) is 0.762. The van der Waals surface area contributed by atoms with Crippen molar-refractivity contribution in [1.82, 2.24) is 0 Å². The maximum atomic E-state index is 10.5. The Bertz CT molecular complexity index is 413. The van der Waals surface area contributed by atoms with Gasteiger partial charge in [-0.2, -0.15) is 0 Å². The molecule has 0 spiro atoms. The van der Waals surface area contributed by atoms with Crippen molar-refractivity contribution in [2.75, 3.05) is 6.61 Å². The zero-order valence-corrected chi connectivity index (χ0v) is 11.2. The average molecular weight is 299 g/mol. The van der Waals surface area contributed by atoms with Crippen LogP contribution in [0.25, 0.3) is 6.08 Å². The monoisotopic (exact) mass is 298 g/mol. The van der Waals surface area contributed by atoms with Crippen LogP contribution in [0.2, 0.25) is 0 Å². The van der Waals surface area contributed by atoms with Crippen LogP contribution in [0, 0.1) is 0 Å². The Morgan fingerprint density at radius 2 is 2.29 bits per heavy atom. The fraction of sp³-hybridized carbons (Fsp3) is 0.308. The molecule has 0 radical (unpaired) electrons. The van der Waals surface area contributed by atoms with Crippen molar-refractivity contribution in [3.05, 3.63) is 34.3 Å². The quantitative estimate of drug-likeness (QED) is 0.643. The van der Waals surface area contributed by atoms with Gasteiger partial charge in [0.05, 0.1) is 11.1 Å². The number of hydrogen-bond acceptors (Lipinski definition) is 2. The third-order valence-electron chi connectivity index (χ3n) is 2.15. The smallest absolute Gasteiger partial charge is 0.328 e. The fourth-order valence-corrected chi connectivity index (χ4v) is 1.78. The second-order valence-corrected chi connectivity index (χ2v) is 4.39. The summed E-state index contributed by atoms with van der Waals surface area (Å²) in [4.78, 5) is 10.5. The van der Waals surface area contributed by atoms with Crippen LogP contribution in [0.1, 0.15) is 25.3 Å². The van der Waals surface area contributed by atoms with E-state index in [1.807, 2.05) is 18.2 Å². The molecular weight excluding hydrogens is 284 g/mol. The molecular formula is C13H15BrO3. The number of aliphatic carboxylic acids is 1. The van der Waals surface area contributed by atoms with Gasteiger partial charge < -0.3 is 9.84 Å². The number of benzene rings is 1. The van der Waals surface area contributed by atoms with Crippen LogP contribution in [0.5, 0.6) is 5.75 Å². The standard InChI is InChI=1S/C13H15BrO3/c1-2-3-9-17-13-10(7-8-12(15)16)5-4-6-11(13)14/h4-8H,2-3,9H2,1H3,(H,15,16). The molecule has 0 aliphatic rings. The Morgan fingerprint density at radius 3 is 2.94 bits per heavy atom. The van der Waals surface area contributed by atoms with E-state index in [9.17, 15) is 4.79 Å². The number of carboxylic acids is 1. The lowest BCUT2D eigenvalue weighted by Crippen LogP contribution is -1.99. The van der Waals surface area contributed by atoms with Crippen LogP contribution in [-0.4, -0.2) is 17.7 Å². The number of para-hydroxylation sites is 1. The molecule has 0 saturated heterocycles. The van der Waals surface area contributed by atoms with E-state index in [0.717, 1.165) is 29.0 Å². The number of hydrogen-bond donors (Lipinski definition) is 1. The van der Waals surface area contributed by atoms with Crippen molar-refractivity contribution in [1.29, 1.82) is 0 Å². The molecule has 0 atom stereocenters. The van der Waals surface area contributed by atoms with Gasteiger partial charge in [-0.1, -0.05) is 25.5 Å². The zero-order valence-electron chi connectivity index (χ0n) is 9.65. The molecule has 0 aromatic heterocycles. The van der Waals surface area contributed by atoms with E-state index in [-0.39, 0.29) is 0 Å². The van der Waals surface area contributed by atoms with Crippen molar-refractivity contribution in [3.63, 3.8) is 0 Å². The summed E-state index contributed by atoms with van der Waals surface area (Å²) < 4.78 is 6.48. The summed E-state index contributed by atoms with van der Waals surface area (Å²) in [5, 5.41) is 8.61. The Kier molecular flexibility index (Phi) is 5.77. The van der Waals surface area contributed by atoms with Gasteiger partial charge in [0, 0.05) is 11.6 Å². The van der Waals surface area contributed by atoms with E-state index in [0.29, 0.717) is 12.4 Å². The van der Waals surface area contributed by atoms with E-state index in [1.165, 1.54) is 6.08 Å². The third-order valence-corrected chi connectivity index (χ3v) is 2.77. The molecule has 1 rings (SSSR count). The first kappa shape index (κ1) is 13.8. The normalized spacial score (nSPS) is 10.7. The number of halogens is 1. The van der Waals surface area contributed by atoms with Gasteiger partial charge in [0.2, 0.25) is 0 Å². The second-order valence-electron chi connectivity index (χ2n) is 3.53. The summed E-state index contributed by atoms with van der Waals surface area (Å²) in [5.74, 6) is -0.275. The highest BCUT2D eigenvalue weighted by Crippen LogP contribution is 2.30. The van der Waals surface area contributed by atoms with Gasteiger partial charge >= 0.3 is 5.97 Å². The minimum atomic E-state index is -0.968. The molecule has 0 unspecified atom stereocenters. The van der Waals surface area contributed by atoms with Crippen LogP contribution in [0.3, 0.4) is 0 Å². The van der Waals surface area contributed by atoms with E-state index in [2.05, 4.69) is 22.9 Å². The molecule has 92 valence electrons.